The number of hydrogen-bond donors (Lipinski definition) is 1. The molecular weight excluding hydrogens is 262 g/mol. The highest BCUT2D eigenvalue weighted by Crippen LogP contribution is 2.14. The molecule has 0 aliphatic heterocycles. The lowest BCUT2D eigenvalue weighted by atomic mass is 10.0. The normalized spacial score (nSPS) is 12.3. The van der Waals surface area contributed by atoms with Crippen LogP contribution in [0.1, 0.15) is 45.1 Å². The highest BCUT2D eigenvalue weighted by atomic mass is 16.5. The van der Waals surface area contributed by atoms with E-state index in [1.165, 1.54) is 31.2 Å². The third kappa shape index (κ3) is 8.08. The lowest BCUT2D eigenvalue weighted by Crippen LogP contribution is -2.13. The first-order chi connectivity index (χ1) is 10.3. The smallest absolute Gasteiger partial charge is 0.119 e. The molecule has 0 saturated carbocycles. The van der Waals surface area contributed by atoms with Crippen molar-refractivity contribution in [3.05, 3.63) is 29.8 Å². The monoisotopic (exact) mass is 293 g/mol. The van der Waals surface area contributed by atoms with E-state index < -0.39 is 0 Å². The van der Waals surface area contributed by atoms with Gasteiger partial charge < -0.3 is 14.8 Å². The molecule has 1 aromatic carbocycles. The summed E-state index contributed by atoms with van der Waals surface area (Å²) in [5.41, 5.74) is 1.24. The second-order valence-electron chi connectivity index (χ2n) is 5.52. The maximum Gasteiger partial charge on any atom is 0.119 e. The molecule has 0 radical (unpaired) electrons. The summed E-state index contributed by atoms with van der Waals surface area (Å²) < 4.78 is 11.5. The summed E-state index contributed by atoms with van der Waals surface area (Å²) in [6.07, 6.45) is 5.05. The van der Waals surface area contributed by atoms with Crippen molar-refractivity contribution in [3.63, 3.8) is 0 Å². The molecule has 0 spiro atoms. The van der Waals surface area contributed by atoms with Gasteiger partial charge in [0.15, 0.2) is 0 Å². The molecule has 3 nitrogen and oxygen atoms in total. The van der Waals surface area contributed by atoms with Gasteiger partial charge in [0.05, 0.1) is 6.61 Å². The summed E-state index contributed by atoms with van der Waals surface area (Å²) in [7, 11) is 1.95. The minimum absolute atomic E-state index is 0.618. The number of benzene rings is 1. The van der Waals surface area contributed by atoms with E-state index in [1.807, 2.05) is 19.2 Å². The molecule has 0 saturated heterocycles. The fourth-order valence-electron chi connectivity index (χ4n) is 2.32. The van der Waals surface area contributed by atoms with Gasteiger partial charge in [-0.3, -0.25) is 0 Å². The van der Waals surface area contributed by atoms with Crippen LogP contribution in [0.25, 0.3) is 0 Å². The Hall–Kier alpha value is -1.06. The van der Waals surface area contributed by atoms with Gasteiger partial charge in [-0.05, 0) is 37.1 Å². The SMILES string of the molecule is CCCCC(CC)COCCOc1cccc(CNC)c1. The van der Waals surface area contributed by atoms with E-state index in [9.17, 15) is 0 Å². The molecule has 3 heteroatoms. The highest BCUT2D eigenvalue weighted by molar-refractivity contribution is 5.28. The van der Waals surface area contributed by atoms with Gasteiger partial charge in [0, 0.05) is 13.2 Å². The molecule has 1 atom stereocenters. The van der Waals surface area contributed by atoms with Crippen LogP contribution in [0, 0.1) is 5.92 Å². The van der Waals surface area contributed by atoms with Crippen LogP contribution in [0.5, 0.6) is 5.75 Å². The predicted octanol–water partition coefficient (Wildman–Crippen LogP) is 4.02. The maximum atomic E-state index is 5.75. The van der Waals surface area contributed by atoms with Gasteiger partial charge in [-0.15, -0.1) is 0 Å². The topological polar surface area (TPSA) is 30.5 Å². The highest BCUT2D eigenvalue weighted by Gasteiger charge is 2.05. The van der Waals surface area contributed by atoms with E-state index in [0.29, 0.717) is 19.1 Å². The van der Waals surface area contributed by atoms with E-state index in [1.54, 1.807) is 0 Å². The van der Waals surface area contributed by atoms with E-state index in [2.05, 4.69) is 31.3 Å². The average molecular weight is 293 g/mol. The van der Waals surface area contributed by atoms with Crippen molar-refractivity contribution in [2.45, 2.75) is 46.1 Å². The van der Waals surface area contributed by atoms with Crippen molar-refractivity contribution < 1.29 is 9.47 Å². The van der Waals surface area contributed by atoms with E-state index in [-0.39, 0.29) is 0 Å². The number of unbranched alkanes of at least 4 members (excludes halogenated alkanes) is 1. The zero-order valence-electron chi connectivity index (χ0n) is 13.9. The van der Waals surface area contributed by atoms with E-state index in [4.69, 9.17) is 9.47 Å². The average Bonchev–Trinajstić information content (AvgIpc) is 2.51. The van der Waals surface area contributed by atoms with Crippen LogP contribution in [0.3, 0.4) is 0 Å². The van der Waals surface area contributed by atoms with Crippen LogP contribution in [0.2, 0.25) is 0 Å². The van der Waals surface area contributed by atoms with Crippen molar-refractivity contribution in [1.29, 1.82) is 0 Å². The Labute approximate surface area is 130 Å². The minimum atomic E-state index is 0.618. The van der Waals surface area contributed by atoms with Crippen LogP contribution in [-0.4, -0.2) is 26.9 Å². The fourth-order valence-corrected chi connectivity index (χ4v) is 2.32. The maximum absolute atomic E-state index is 5.75. The lowest BCUT2D eigenvalue weighted by molar-refractivity contribution is 0.0699. The van der Waals surface area contributed by atoms with Gasteiger partial charge in [-0.25, -0.2) is 0 Å². The third-order valence-corrected chi connectivity index (χ3v) is 3.67. The van der Waals surface area contributed by atoms with E-state index in [0.717, 1.165) is 18.9 Å². The van der Waals surface area contributed by atoms with Crippen LogP contribution >= 0.6 is 0 Å². The molecule has 0 aliphatic carbocycles. The summed E-state index contributed by atoms with van der Waals surface area (Å²) in [6.45, 7) is 7.49. The molecule has 21 heavy (non-hydrogen) atoms. The number of hydrogen-bond acceptors (Lipinski definition) is 3. The van der Waals surface area contributed by atoms with Gasteiger partial charge in [0.1, 0.15) is 12.4 Å². The molecule has 1 aromatic rings. The Kier molecular flexibility index (Phi) is 9.92. The van der Waals surface area contributed by atoms with Crippen LogP contribution in [0.15, 0.2) is 24.3 Å². The van der Waals surface area contributed by atoms with Crippen molar-refractivity contribution in [2.24, 2.45) is 5.92 Å². The first-order valence-electron chi connectivity index (χ1n) is 8.24. The zero-order chi connectivity index (χ0) is 15.3. The van der Waals surface area contributed by atoms with Crippen molar-refractivity contribution in [3.8, 4) is 5.75 Å². The number of nitrogens with one attached hydrogen (secondary N) is 1. The molecule has 0 aliphatic rings. The quantitative estimate of drug-likeness (QED) is 0.590. The number of ether oxygens (including phenoxy) is 2. The molecule has 0 bridgehead atoms. The van der Waals surface area contributed by atoms with Crippen molar-refractivity contribution in [1.82, 2.24) is 5.32 Å². The standard InChI is InChI=1S/C18H31NO2/c1-4-6-8-16(5-2)15-20-11-12-21-18-10-7-9-17(13-18)14-19-3/h7,9-10,13,16,19H,4-6,8,11-12,14-15H2,1-3H3. The Balaban J connectivity index is 2.17. The Morgan fingerprint density at radius 3 is 2.76 bits per heavy atom. The van der Waals surface area contributed by atoms with Crippen LogP contribution in [0.4, 0.5) is 0 Å². The fraction of sp³-hybridized carbons (Fsp3) is 0.667. The van der Waals surface area contributed by atoms with Gasteiger partial charge in [-0.1, -0.05) is 45.2 Å². The van der Waals surface area contributed by atoms with Gasteiger partial charge in [0.2, 0.25) is 0 Å². The minimum Gasteiger partial charge on any atom is -0.491 e. The Morgan fingerprint density at radius 1 is 1.19 bits per heavy atom. The first-order valence-corrected chi connectivity index (χ1v) is 8.24. The third-order valence-electron chi connectivity index (χ3n) is 3.67. The summed E-state index contributed by atoms with van der Waals surface area (Å²) in [6, 6.07) is 8.20. The molecular formula is C18H31NO2. The summed E-state index contributed by atoms with van der Waals surface area (Å²) in [5, 5.41) is 3.14. The van der Waals surface area contributed by atoms with Gasteiger partial charge in [0.25, 0.3) is 0 Å². The van der Waals surface area contributed by atoms with E-state index >= 15 is 0 Å². The molecule has 0 heterocycles. The predicted molar refractivity (Wildman–Crippen MR) is 88.8 cm³/mol. The molecule has 120 valence electrons. The first kappa shape index (κ1) is 18.0. The second kappa shape index (κ2) is 11.6. The molecule has 1 rings (SSSR count). The zero-order valence-corrected chi connectivity index (χ0v) is 13.9. The second-order valence-corrected chi connectivity index (χ2v) is 5.52. The largest absolute Gasteiger partial charge is 0.491 e. The molecule has 0 fully saturated rings. The molecule has 0 amide bonds. The summed E-state index contributed by atoms with van der Waals surface area (Å²) in [4.78, 5) is 0. The van der Waals surface area contributed by atoms with Crippen molar-refractivity contribution >= 4 is 0 Å². The molecule has 0 aromatic heterocycles. The Morgan fingerprint density at radius 2 is 2.05 bits per heavy atom. The van der Waals surface area contributed by atoms with Crippen LogP contribution in [-0.2, 0) is 11.3 Å². The van der Waals surface area contributed by atoms with Gasteiger partial charge in [-0.2, -0.15) is 0 Å². The molecule has 1 N–H and O–H groups in total. The summed E-state index contributed by atoms with van der Waals surface area (Å²) in [5.74, 6) is 1.62. The number of rotatable bonds is 12. The van der Waals surface area contributed by atoms with Crippen LogP contribution < -0.4 is 10.1 Å². The molecule has 1 unspecified atom stereocenters. The van der Waals surface area contributed by atoms with Gasteiger partial charge >= 0.3 is 0 Å². The summed E-state index contributed by atoms with van der Waals surface area (Å²) >= 11 is 0. The lowest BCUT2D eigenvalue weighted by Gasteiger charge is -2.15. The van der Waals surface area contributed by atoms with Crippen molar-refractivity contribution in [2.75, 3.05) is 26.9 Å². The Bertz CT molecular complexity index is 368.